The standard InChI is InChI=1S/C15H13FN2O/c16-12-6-3-7-13(17)14(12)18-15(19)11-8-9-4-1-2-5-10(9)11/h1-7,11H,8,17H2,(H,18,19). The minimum atomic E-state index is -0.513. The van der Waals surface area contributed by atoms with E-state index in [0.29, 0.717) is 6.42 Å². The van der Waals surface area contributed by atoms with Gasteiger partial charge in [-0.2, -0.15) is 0 Å². The summed E-state index contributed by atoms with van der Waals surface area (Å²) in [5, 5.41) is 2.58. The van der Waals surface area contributed by atoms with Crippen LogP contribution in [0.1, 0.15) is 17.0 Å². The smallest absolute Gasteiger partial charge is 0.232 e. The average molecular weight is 256 g/mol. The molecule has 2 aromatic carbocycles. The Bertz CT molecular complexity index is 634. The molecule has 0 aromatic heterocycles. The molecule has 0 bridgehead atoms. The molecule has 1 amide bonds. The molecule has 0 fully saturated rings. The van der Waals surface area contributed by atoms with Crippen molar-refractivity contribution in [3.8, 4) is 0 Å². The van der Waals surface area contributed by atoms with Crippen molar-refractivity contribution in [3.05, 3.63) is 59.4 Å². The number of benzene rings is 2. The van der Waals surface area contributed by atoms with E-state index in [1.807, 2.05) is 24.3 Å². The van der Waals surface area contributed by atoms with Gasteiger partial charge in [0.2, 0.25) is 5.91 Å². The summed E-state index contributed by atoms with van der Waals surface area (Å²) >= 11 is 0. The van der Waals surface area contributed by atoms with Crippen molar-refractivity contribution in [1.82, 2.24) is 0 Å². The molecule has 0 radical (unpaired) electrons. The second-order valence-electron chi connectivity index (χ2n) is 4.65. The largest absolute Gasteiger partial charge is 0.397 e. The molecule has 0 saturated carbocycles. The number of rotatable bonds is 2. The number of nitrogens with two attached hydrogens (primary N) is 1. The fourth-order valence-electron chi connectivity index (χ4n) is 2.38. The number of amides is 1. The van der Waals surface area contributed by atoms with E-state index in [9.17, 15) is 9.18 Å². The minimum absolute atomic E-state index is 0.0666. The molecule has 3 N–H and O–H groups in total. The van der Waals surface area contributed by atoms with Crippen molar-refractivity contribution in [1.29, 1.82) is 0 Å². The Labute approximate surface area is 110 Å². The molecular weight excluding hydrogens is 243 g/mol. The molecule has 1 aliphatic carbocycles. The zero-order valence-electron chi connectivity index (χ0n) is 10.2. The first kappa shape index (κ1) is 11.7. The lowest BCUT2D eigenvalue weighted by molar-refractivity contribution is -0.118. The Morgan fingerprint density at radius 1 is 1.21 bits per heavy atom. The van der Waals surface area contributed by atoms with E-state index in [1.165, 1.54) is 17.7 Å². The molecule has 2 aromatic rings. The lowest BCUT2D eigenvalue weighted by Gasteiger charge is -2.29. The second-order valence-corrected chi connectivity index (χ2v) is 4.65. The van der Waals surface area contributed by atoms with E-state index < -0.39 is 5.82 Å². The van der Waals surface area contributed by atoms with Crippen LogP contribution in [0.15, 0.2) is 42.5 Å². The summed E-state index contributed by atoms with van der Waals surface area (Å²) in [5.74, 6) is -0.938. The molecule has 4 heteroatoms. The van der Waals surface area contributed by atoms with Gasteiger partial charge in [0.05, 0.1) is 11.6 Å². The van der Waals surface area contributed by atoms with Crippen LogP contribution in [0.4, 0.5) is 15.8 Å². The molecule has 3 nitrogen and oxygen atoms in total. The third kappa shape index (κ3) is 1.95. The van der Waals surface area contributed by atoms with E-state index >= 15 is 0 Å². The molecule has 1 aliphatic rings. The Morgan fingerprint density at radius 2 is 2.00 bits per heavy atom. The molecule has 0 heterocycles. The Balaban J connectivity index is 1.81. The van der Waals surface area contributed by atoms with Gasteiger partial charge in [-0.3, -0.25) is 4.79 Å². The van der Waals surface area contributed by atoms with Crippen LogP contribution in [0.5, 0.6) is 0 Å². The highest BCUT2D eigenvalue weighted by Crippen LogP contribution is 2.36. The zero-order valence-corrected chi connectivity index (χ0v) is 10.2. The summed E-state index contributed by atoms with van der Waals surface area (Å²) in [5.41, 5.74) is 8.15. The third-order valence-corrected chi connectivity index (χ3v) is 3.47. The van der Waals surface area contributed by atoms with Crippen LogP contribution in [0.3, 0.4) is 0 Å². The van der Waals surface area contributed by atoms with Crippen LogP contribution in [-0.4, -0.2) is 5.91 Å². The molecule has 19 heavy (non-hydrogen) atoms. The molecular formula is C15H13FN2O. The van der Waals surface area contributed by atoms with Crippen molar-refractivity contribution in [3.63, 3.8) is 0 Å². The van der Waals surface area contributed by atoms with Crippen LogP contribution in [0.2, 0.25) is 0 Å². The minimum Gasteiger partial charge on any atom is -0.397 e. The number of nitrogen functional groups attached to an aromatic ring is 1. The number of hydrogen-bond donors (Lipinski definition) is 2. The Hall–Kier alpha value is -2.36. The fourth-order valence-corrected chi connectivity index (χ4v) is 2.38. The number of hydrogen-bond acceptors (Lipinski definition) is 2. The van der Waals surface area contributed by atoms with Crippen LogP contribution in [-0.2, 0) is 11.2 Å². The zero-order chi connectivity index (χ0) is 13.4. The maximum atomic E-state index is 13.6. The third-order valence-electron chi connectivity index (χ3n) is 3.47. The van der Waals surface area contributed by atoms with Crippen LogP contribution >= 0.6 is 0 Å². The highest BCUT2D eigenvalue weighted by Gasteiger charge is 2.32. The number of halogens is 1. The molecule has 1 atom stereocenters. The first-order valence-electron chi connectivity index (χ1n) is 6.09. The van der Waals surface area contributed by atoms with Gasteiger partial charge in [0.25, 0.3) is 0 Å². The molecule has 0 saturated heterocycles. The van der Waals surface area contributed by atoms with Crippen LogP contribution < -0.4 is 11.1 Å². The van der Waals surface area contributed by atoms with Gasteiger partial charge in [-0.05, 0) is 29.7 Å². The summed E-state index contributed by atoms with van der Waals surface area (Å²) < 4.78 is 13.6. The summed E-state index contributed by atoms with van der Waals surface area (Å²) in [6.45, 7) is 0. The van der Waals surface area contributed by atoms with Crippen molar-refractivity contribution in [2.24, 2.45) is 0 Å². The monoisotopic (exact) mass is 256 g/mol. The van der Waals surface area contributed by atoms with Gasteiger partial charge in [0.1, 0.15) is 11.5 Å². The SMILES string of the molecule is Nc1cccc(F)c1NC(=O)C1Cc2ccccc21. The Kier molecular flexibility index (Phi) is 2.71. The topological polar surface area (TPSA) is 55.1 Å². The van der Waals surface area contributed by atoms with Crippen LogP contribution in [0, 0.1) is 5.82 Å². The maximum Gasteiger partial charge on any atom is 0.232 e. The summed E-state index contributed by atoms with van der Waals surface area (Å²) in [6, 6.07) is 12.1. The number of fused-ring (bicyclic) bond motifs is 1. The van der Waals surface area contributed by atoms with E-state index in [1.54, 1.807) is 6.07 Å². The molecule has 0 aliphatic heterocycles. The van der Waals surface area contributed by atoms with Gasteiger partial charge in [-0.1, -0.05) is 30.3 Å². The number of carbonyl (C=O) groups is 1. The number of para-hydroxylation sites is 1. The molecule has 0 spiro atoms. The van der Waals surface area contributed by atoms with E-state index in [2.05, 4.69) is 5.32 Å². The maximum absolute atomic E-state index is 13.6. The van der Waals surface area contributed by atoms with E-state index in [4.69, 9.17) is 5.73 Å². The predicted octanol–water partition coefficient (Wildman–Crippen LogP) is 2.69. The number of anilines is 2. The van der Waals surface area contributed by atoms with Gasteiger partial charge < -0.3 is 11.1 Å². The molecule has 3 rings (SSSR count). The summed E-state index contributed by atoms with van der Waals surface area (Å²) in [6.07, 6.45) is 0.691. The van der Waals surface area contributed by atoms with E-state index in [-0.39, 0.29) is 23.2 Å². The highest BCUT2D eigenvalue weighted by molar-refractivity contribution is 5.99. The number of carbonyl (C=O) groups excluding carboxylic acids is 1. The predicted molar refractivity (Wildman–Crippen MR) is 72.3 cm³/mol. The lowest BCUT2D eigenvalue weighted by atomic mass is 9.77. The molecule has 96 valence electrons. The quantitative estimate of drug-likeness (QED) is 0.812. The van der Waals surface area contributed by atoms with Crippen molar-refractivity contribution >= 4 is 17.3 Å². The van der Waals surface area contributed by atoms with Gasteiger partial charge in [-0.15, -0.1) is 0 Å². The van der Waals surface area contributed by atoms with Crippen molar-refractivity contribution in [2.45, 2.75) is 12.3 Å². The lowest BCUT2D eigenvalue weighted by Crippen LogP contribution is -2.30. The summed E-state index contributed by atoms with van der Waals surface area (Å²) in [7, 11) is 0. The van der Waals surface area contributed by atoms with Gasteiger partial charge in [0, 0.05) is 0 Å². The highest BCUT2D eigenvalue weighted by atomic mass is 19.1. The first-order valence-corrected chi connectivity index (χ1v) is 6.09. The van der Waals surface area contributed by atoms with Crippen molar-refractivity contribution in [2.75, 3.05) is 11.1 Å². The second kappa shape index (κ2) is 4.39. The van der Waals surface area contributed by atoms with Gasteiger partial charge >= 0.3 is 0 Å². The van der Waals surface area contributed by atoms with Gasteiger partial charge in [0.15, 0.2) is 0 Å². The normalized spacial score (nSPS) is 16.4. The van der Waals surface area contributed by atoms with Gasteiger partial charge in [-0.25, -0.2) is 4.39 Å². The molecule has 1 unspecified atom stereocenters. The van der Waals surface area contributed by atoms with Crippen molar-refractivity contribution < 1.29 is 9.18 Å². The van der Waals surface area contributed by atoms with E-state index in [0.717, 1.165) is 5.56 Å². The Morgan fingerprint density at radius 3 is 2.74 bits per heavy atom. The number of nitrogens with one attached hydrogen (secondary N) is 1. The summed E-state index contributed by atoms with van der Waals surface area (Å²) in [4.78, 5) is 12.1. The average Bonchev–Trinajstić information content (AvgIpc) is 2.35. The fraction of sp³-hybridized carbons (Fsp3) is 0.133. The first-order chi connectivity index (χ1) is 9.16. The van der Waals surface area contributed by atoms with Crippen LogP contribution in [0.25, 0.3) is 0 Å².